The standard InChI is InChI=1S/2C5H5.CNO.CHNS.V/c2*1-2-4-5-3-1;2*2-1-3;/h2*1-5H;;3H;/q3*-1;;+4/p-1. The summed E-state index contributed by atoms with van der Waals surface area (Å²) in [6.07, 6.45) is 0.500. The number of isocyanates is 1. The second-order valence-electron chi connectivity index (χ2n) is 2.11. The molecule has 2 aromatic carbocycles. The molecule has 1 radical (unpaired) electrons. The summed E-state index contributed by atoms with van der Waals surface area (Å²) < 4.78 is 0. The molecule has 0 saturated carbocycles. The molecule has 0 amide bonds. The maximum atomic E-state index is 8.24. The van der Waals surface area contributed by atoms with Gasteiger partial charge in [0.15, 0.2) is 0 Å². The summed E-state index contributed by atoms with van der Waals surface area (Å²) in [5.41, 5.74) is 0. The summed E-state index contributed by atoms with van der Waals surface area (Å²) in [5.74, 6) is 0. The molecule has 0 N–H and O–H groups in total. The predicted molar refractivity (Wildman–Crippen MR) is 66.1 cm³/mol. The van der Waals surface area contributed by atoms with Crippen molar-refractivity contribution in [2.45, 2.75) is 0 Å². The molecule has 0 atom stereocenters. The van der Waals surface area contributed by atoms with Crippen LogP contribution in [0.25, 0.3) is 5.41 Å². The van der Waals surface area contributed by atoms with Crippen LogP contribution in [-0.2, 0) is 36.0 Å². The summed E-state index contributed by atoms with van der Waals surface area (Å²) >= 11 is 3.70. The van der Waals surface area contributed by atoms with Gasteiger partial charge in [0.1, 0.15) is 0 Å². The molecule has 0 aromatic heterocycles. The maximum Gasteiger partial charge on any atom is 4.00 e. The van der Waals surface area contributed by atoms with E-state index in [1.165, 1.54) is 5.40 Å². The fourth-order valence-electron chi connectivity index (χ4n) is 0.642. The molecule has 3 nitrogen and oxygen atoms in total. The van der Waals surface area contributed by atoms with Gasteiger partial charge in [0.2, 0.25) is 0 Å². The Labute approximate surface area is 119 Å². The fraction of sp³-hybridized carbons (Fsp3) is 0. The first kappa shape index (κ1) is 20.7. The summed E-state index contributed by atoms with van der Waals surface area (Å²) in [6, 6.07) is 20.0. The Hall–Kier alpha value is -1.63. The smallest absolute Gasteiger partial charge is 0.724 e. The van der Waals surface area contributed by atoms with Crippen LogP contribution in [-0.4, -0.2) is 6.08 Å². The van der Waals surface area contributed by atoms with Crippen LogP contribution in [0.5, 0.6) is 0 Å². The zero-order valence-electron chi connectivity index (χ0n) is 8.93. The van der Waals surface area contributed by atoms with Crippen molar-refractivity contribution in [1.82, 2.24) is 0 Å². The average molecular weight is 281 g/mol. The van der Waals surface area contributed by atoms with Crippen molar-refractivity contribution >= 4 is 18.7 Å². The minimum absolute atomic E-state index is 0. The minimum Gasteiger partial charge on any atom is -0.724 e. The van der Waals surface area contributed by atoms with Crippen LogP contribution in [0.2, 0.25) is 0 Å². The third-order valence-corrected chi connectivity index (χ3v) is 1.11. The van der Waals surface area contributed by atoms with Crippen LogP contribution >= 0.6 is 0 Å². The molecule has 0 aliphatic carbocycles. The molecule has 0 aliphatic heterocycles. The molecular formula is C12H10N2OSV. The SMILES string of the molecule is N#C[S-].[N-]=C=O.[V+4].c1cc[cH-]c1.c1cc[cH-]c1. The van der Waals surface area contributed by atoms with Crippen LogP contribution < -0.4 is 0 Å². The van der Waals surface area contributed by atoms with Crippen molar-refractivity contribution in [1.29, 1.82) is 5.26 Å². The average Bonchev–Trinajstić information content (AvgIpc) is 3.00. The van der Waals surface area contributed by atoms with Crippen molar-refractivity contribution in [3.05, 3.63) is 66.1 Å². The summed E-state index contributed by atoms with van der Waals surface area (Å²) in [5, 5.41) is 15.2. The van der Waals surface area contributed by atoms with Gasteiger partial charge in [-0.2, -0.15) is 36.4 Å². The second-order valence-corrected chi connectivity index (χ2v) is 2.29. The van der Waals surface area contributed by atoms with Crippen molar-refractivity contribution in [2.75, 3.05) is 0 Å². The minimum atomic E-state index is 0. The van der Waals surface area contributed by atoms with Crippen LogP contribution in [0.15, 0.2) is 60.7 Å². The monoisotopic (exact) mass is 281 g/mol. The number of thiocyanates is 1. The van der Waals surface area contributed by atoms with Crippen molar-refractivity contribution < 1.29 is 23.4 Å². The van der Waals surface area contributed by atoms with Gasteiger partial charge >= 0.3 is 18.6 Å². The largest absolute Gasteiger partial charge is 4.00 e. The summed E-state index contributed by atoms with van der Waals surface area (Å²) in [4.78, 5) is 8.24. The first-order valence-corrected chi connectivity index (χ1v) is 4.60. The van der Waals surface area contributed by atoms with Crippen molar-refractivity contribution in [3.63, 3.8) is 0 Å². The van der Waals surface area contributed by atoms with Gasteiger partial charge in [-0.15, -0.1) is 0 Å². The molecular weight excluding hydrogens is 271 g/mol. The van der Waals surface area contributed by atoms with E-state index in [1.807, 2.05) is 60.7 Å². The number of carbonyl (C=O) groups excluding carboxylic acids is 1. The predicted octanol–water partition coefficient (Wildman–Crippen LogP) is 2.71. The van der Waals surface area contributed by atoms with Gasteiger partial charge in [0, 0.05) is 0 Å². The van der Waals surface area contributed by atoms with Gasteiger partial charge in [-0.05, 0) is 6.08 Å². The first-order valence-electron chi connectivity index (χ1n) is 4.19. The van der Waals surface area contributed by atoms with Crippen LogP contribution in [0.3, 0.4) is 0 Å². The molecule has 85 valence electrons. The summed E-state index contributed by atoms with van der Waals surface area (Å²) in [6.45, 7) is 0. The Morgan fingerprint density at radius 2 is 1.18 bits per heavy atom. The van der Waals surface area contributed by atoms with E-state index in [0.717, 1.165) is 0 Å². The molecule has 0 saturated heterocycles. The van der Waals surface area contributed by atoms with Gasteiger partial charge in [-0.25, -0.2) is 29.5 Å². The molecule has 5 heteroatoms. The second kappa shape index (κ2) is 23.9. The maximum absolute atomic E-state index is 8.24. The van der Waals surface area contributed by atoms with E-state index in [9.17, 15) is 0 Å². The Morgan fingerprint density at radius 1 is 1.00 bits per heavy atom. The Morgan fingerprint density at radius 3 is 1.24 bits per heavy atom. The van der Waals surface area contributed by atoms with E-state index in [-0.39, 0.29) is 18.6 Å². The van der Waals surface area contributed by atoms with Crippen molar-refractivity contribution in [3.8, 4) is 5.40 Å². The molecule has 0 heterocycles. The molecule has 0 unspecified atom stereocenters. The van der Waals surface area contributed by atoms with Gasteiger partial charge in [-0.3, -0.25) is 4.79 Å². The number of hydrogen-bond acceptors (Lipinski definition) is 3. The van der Waals surface area contributed by atoms with E-state index in [0.29, 0.717) is 6.08 Å². The van der Waals surface area contributed by atoms with E-state index in [2.05, 4.69) is 12.6 Å². The third-order valence-electron chi connectivity index (χ3n) is 1.11. The van der Waals surface area contributed by atoms with Gasteiger partial charge in [0.05, 0.1) is 0 Å². The zero-order chi connectivity index (χ0) is 12.5. The number of nitriles is 1. The van der Waals surface area contributed by atoms with Crippen LogP contribution in [0.1, 0.15) is 0 Å². The molecule has 0 fully saturated rings. The quantitative estimate of drug-likeness (QED) is 0.245. The molecule has 0 bridgehead atoms. The van der Waals surface area contributed by atoms with E-state index in [4.69, 9.17) is 15.5 Å². The Kier molecular flexibility index (Phi) is 29.2. The van der Waals surface area contributed by atoms with Crippen LogP contribution in [0, 0.1) is 10.7 Å². The topological polar surface area (TPSA) is 63.2 Å². The van der Waals surface area contributed by atoms with Gasteiger partial charge < -0.3 is 18.0 Å². The Bertz CT molecular complexity index is 299. The molecule has 0 aliphatic rings. The molecule has 17 heavy (non-hydrogen) atoms. The number of rotatable bonds is 0. The third kappa shape index (κ3) is 31.4. The first-order chi connectivity index (χ1) is 7.83. The molecule has 2 rings (SSSR count). The Balaban J connectivity index is -0.000000157. The van der Waals surface area contributed by atoms with Crippen molar-refractivity contribution in [2.24, 2.45) is 0 Å². The van der Waals surface area contributed by atoms with Crippen LogP contribution in [0.4, 0.5) is 0 Å². The number of nitrogens with zero attached hydrogens (tertiary/aromatic N) is 2. The summed E-state index contributed by atoms with van der Waals surface area (Å²) in [7, 11) is 0. The number of hydrogen-bond donors (Lipinski definition) is 0. The zero-order valence-corrected chi connectivity index (χ0v) is 11.1. The van der Waals surface area contributed by atoms with E-state index >= 15 is 0 Å². The van der Waals surface area contributed by atoms with E-state index in [1.54, 1.807) is 0 Å². The van der Waals surface area contributed by atoms with Gasteiger partial charge in [0.25, 0.3) is 0 Å². The molecule has 0 spiro atoms. The molecule has 2 aromatic rings. The van der Waals surface area contributed by atoms with E-state index < -0.39 is 0 Å². The fourth-order valence-corrected chi connectivity index (χ4v) is 0.642. The normalized spacial score (nSPS) is 5.59. The van der Waals surface area contributed by atoms with Gasteiger partial charge in [-0.1, -0.05) is 5.40 Å².